The monoisotopic (exact) mass is 204 g/mol. The molecule has 1 aromatic heterocycles. The number of nitrogens with one attached hydrogen (secondary N) is 2. The maximum absolute atomic E-state index is 4.15. The van der Waals surface area contributed by atoms with Crippen molar-refractivity contribution in [2.45, 2.75) is 19.8 Å². The maximum atomic E-state index is 4.15. The van der Waals surface area contributed by atoms with Crippen molar-refractivity contribution in [3.05, 3.63) is 23.8 Å². The number of H-pyrrole nitrogens is 1. The van der Waals surface area contributed by atoms with Crippen LogP contribution in [0.1, 0.15) is 18.9 Å². The first-order chi connectivity index (χ1) is 7.42. The zero-order valence-electron chi connectivity index (χ0n) is 8.95. The van der Waals surface area contributed by atoms with Crippen LogP contribution in [-0.4, -0.2) is 28.5 Å². The molecule has 0 fully saturated rings. The fourth-order valence-corrected chi connectivity index (χ4v) is 1.65. The Morgan fingerprint density at radius 3 is 3.07 bits per heavy atom. The van der Waals surface area contributed by atoms with Crippen molar-refractivity contribution in [1.29, 1.82) is 0 Å². The second kappa shape index (κ2) is 4.89. The lowest BCUT2D eigenvalue weighted by Gasteiger charge is -2.03. The molecule has 0 aliphatic rings. The van der Waals surface area contributed by atoms with Gasteiger partial charge < -0.3 is 5.32 Å². The number of para-hydroxylation sites is 1. The summed E-state index contributed by atoms with van der Waals surface area (Å²) in [5.41, 5.74) is 3.20. The third kappa shape index (κ3) is 2.33. The highest BCUT2D eigenvalue weighted by atomic mass is 15.3. The normalized spacial score (nSPS) is 11.0. The molecule has 0 spiro atoms. The highest BCUT2D eigenvalue weighted by molar-refractivity contribution is 5.77. The van der Waals surface area contributed by atoms with Gasteiger partial charge in [-0.25, -0.2) is 0 Å². The van der Waals surface area contributed by atoms with Crippen LogP contribution in [0.3, 0.4) is 0 Å². The summed E-state index contributed by atoms with van der Waals surface area (Å²) in [5.74, 6) is 0. The van der Waals surface area contributed by atoms with Gasteiger partial charge in [-0.3, -0.25) is 0 Å². The van der Waals surface area contributed by atoms with Gasteiger partial charge in [-0.2, -0.15) is 15.4 Å². The number of fused-ring (bicyclic) bond motifs is 1. The van der Waals surface area contributed by atoms with E-state index in [1.165, 1.54) is 12.0 Å². The fraction of sp³-hybridized carbons (Fsp3) is 0.455. The number of aromatic nitrogens is 3. The van der Waals surface area contributed by atoms with Crippen LogP contribution in [-0.2, 0) is 6.42 Å². The van der Waals surface area contributed by atoms with Gasteiger partial charge in [0.15, 0.2) is 0 Å². The van der Waals surface area contributed by atoms with E-state index in [0.29, 0.717) is 0 Å². The van der Waals surface area contributed by atoms with E-state index in [1.807, 2.05) is 12.1 Å². The van der Waals surface area contributed by atoms with Crippen LogP contribution in [0, 0.1) is 0 Å². The molecule has 0 aliphatic heterocycles. The molecule has 0 aliphatic carbocycles. The van der Waals surface area contributed by atoms with Crippen molar-refractivity contribution < 1.29 is 0 Å². The standard InChI is InChI=1S/C11H16N4/c1-2-7-12-8-6-9-4-3-5-10-11(9)14-15-13-10/h3-5,12H,2,6-8H2,1H3,(H,13,14,15). The average Bonchev–Trinajstić information content (AvgIpc) is 2.73. The van der Waals surface area contributed by atoms with E-state index < -0.39 is 0 Å². The van der Waals surface area contributed by atoms with Crippen molar-refractivity contribution in [3.8, 4) is 0 Å². The topological polar surface area (TPSA) is 53.6 Å². The summed E-state index contributed by atoms with van der Waals surface area (Å²) in [7, 11) is 0. The minimum atomic E-state index is 0.947. The van der Waals surface area contributed by atoms with E-state index in [-0.39, 0.29) is 0 Å². The van der Waals surface area contributed by atoms with Gasteiger partial charge >= 0.3 is 0 Å². The van der Waals surface area contributed by atoms with Crippen molar-refractivity contribution in [1.82, 2.24) is 20.7 Å². The molecule has 2 rings (SSSR count). The fourth-order valence-electron chi connectivity index (χ4n) is 1.65. The molecular weight excluding hydrogens is 188 g/mol. The Bertz CT molecular complexity index is 421. The second-order valence-electron chi connectivity index (χ2n) is 3.61. The first-order valence-corrected chi connectivity index (χ1v) is 5.41. The Balaban J connectivity index is 2.04. The van der Waals surface area contributed by atoms with Gasteiger partial charge in [0.25, 0.3) is 0 Å². The number of hydrogen-bond donors (Lipinski definition) is 2. The quantitative estimate of drug-likeness (QED) is 0.726. The molecule has 4 nitrogen and oxygen atoms in total. The van der Waals surface area contributed by atoms with E-state index in [9.17, 15) is 0 Å². The van der Waals surface area contributed by atoms with Crippen LogP contribution in [0.15, 0.2) is 18.2 Å². The molecule has 0 unspecified atom stereocenters. The summed E-state index contributed by atoms with van der Waals surface area (Å²) < 4.78 is 0. The Hall–Kier alpha value is -1.42. The lowest BCUT2D eigenvalue weighted by atomic mass is 10.1. The summed E-state index contributed by atoms with van der Waals surface area (Å²) in [6.45, 7) is 4.25. The van der Waals surface area contributed by atoms with Gasteiger partial charge in [-0.15, -0.1) is 0 Å². The highest BCUT2D eigenvalue weighted by Crippen LogP contribution is 2.13. The molecule has 2 aromatic rings. The van der Waals surface area contributed by atoms with Gasteiger partial charge in [0.05, 0.1) is 0 Å². The molecule has 4 heteroatoms. The van der Waals surface area contributed by atoms with Crippen LogP contribution < -0.4 is 5.32 Å². The molecule has 0 saturated carbocycles. The SMILES string of the molecule is CCCNCCc1cccc2n[nH]nc12. The number of nitrogens with zero attached hydrogens (tertiary/aromatic N) is 2. The summed E-state index contributed by atoms with van der Waals surface area (Å²) in [6, 6.07) is 6.11. The average molecular weight is 204 g/mol. The smallest absolute Gasteiger partial charge is 0.116 e. The molecular formula is C11H16N4. The van der Waals surface area contributed by atoms with Gasteiger partial charge in [-0.05, 0) is 37.6 Å². The first kappa shape index (κ1) is 10.1. The third-order valence-electron chi connectivity index (χ3n) is 2.43. The lowest BCUT2D eigenvalue weighted by molar-refractivity contribution is 0.672. The number of aromatic amines is 1. The van der Waals surface area contributed by atoms with Gasteiger partial charge in [0.2, 0.25) is 0 Å². The molecule has 0 amide bonds. The molecule has 2 N–H and O–H groups in total. The molecule has 0 radical (unpaired) electrons. The minimum absolute atomic E-state index is 0.947. The molecule has 1 aromatic carbocycles. The number of benzene rings is 1. The molecule has 0 bridgehead atoms. The van der Waals surface area contributed by atoms with E-state index in [0.717, 1.165) is 30.5 Å². The molecule has 80 valence electrons. The zero-order chi connectivity index (χ0) is 10.5. The molecule has 0 saturated heterocycles. The summed E-state index contributed by atoms with van der Waals surface area (Å²) >= 11 is 0. The Morgan fingerprint density at radius 2 is 2.20 bits per heavy atom. The molecule has 15 heavy (non-hydrogen) atoms. The van der Waals surface area contributed by atoms with Crippen molar-refractivity contribution in [2.24, 2.45) is 0 Å². The van der Waals surface area contributed by atoms with Gasteiger partial charge in [0, 0.05) is 0 Å². The Kier molecular flexibility index (Phi) is 3.29. The van der Waals surface area contributed by atoms with Gasteiger partial charge in [0.1, 0.15) is 11.0 Å². The maximum Gasteiger partial charge on any atom is 0.116 e. The van der Waals surface area contributed by atoms with E-state index >= 15 is 0 Å². The van der Waals surface area contributed by atoms with Crippen LogP contribution in [0.4, 0.5) is 0 Å². The third-order valence-corrected chi connectivity index (χ3v) is 2.43. The second-order valence-corrected chi connectivity index (χ2v) is 3.61. The van der Waals surface area contributed by atoms with E-state index in [1.54, 1.807) is 0 Å². The molecule has 1 heterocycles. The van der Waals surface area contributed by atoms with Crippen LogP contribution >= 0.6 is 0 Å². The zero-order valence-corrected chi connectivity index (χ0v) is 8.95. The number of rotatable bonds is 5. The van der Waals surface area contributed by atoms with Crippen LogP contribution in [0.25, 0.3) is 11.0 Å². The predicted molar refractivity (Wildman–Crippen MR) is 60.8 cm³/mol. The predicted octanol–water partition coefficient (Wildman–Crippen LogP) is 1.50. The summed E-state index contributed by atoms with van der Waals surface area (Å²) in [4.78, 5) is 0. The van der Waals surface area contributed by atoms with Crippen LogP contribution in [0.2, 0.25) is 0 Å². The van der Waals surface area contributed by atoms with Crippen molar-refractivity contribution in [3.63, 3.8) is 0 Å². The van der Waals surface area contributed by atoms with Crippen molar-refractivity contribution >= 4 is 11.0 Å². The Labute approximate surface area is 89.1 Å². The van der Waals surface area contributed by atoms with Crippen molar-refractivity contribution in [2.75, 3.05) is 13.1 Å². The highest BCUT2D eigenvalue weighted by Gasteiger charge is 2.03. The largest absolute Gasteiger partial charge is 0.316 e. The van der Waals surface area contributed by atoms with Crippen LogP contribution in [0.5, 0.6) is 0 Å². The Morgan fingerprint density at radius 1 is 1.27 bits per heavy atom. The number of hydrogen-bond acceptors (Lipinski definition) is 3. The molecule has 0 atom stereocenters. The lowest BCUT2D eigenvalue weighted by Crippen LogP contribution is -2.17. The minimum Gasteiger partial charge on any atom is -0.316 e. The van der Waals surface area contributed by atoms with E-state index in [2.05, 4.69) is 33.7 Å². The first-order valence-electron chi connectivity index (χ1n) is 5.41. The van der Waals surface area contributed by atoms with Gasteiger partial charge in [-0.1, -0.05) is 19.1 Å². The summed E-state index contributed by atoms with van der Waals surface area (Å²) in [5, 5.41) is 14.3. The van der Waals surface area contributed by atoms with E-state index in [4.69, 9.17) is 0 Å². The summed E-state index contributed by atoms with van der Waals surface area (Å²) in [6.07, 6.45) is 2.18.